The second-order valence-corrected chi connectivity index (χ2v) is 7.37. The number of aryl methyl sites for hydroxylation is 1. The molecule has 0 aliphatic heterocycles. The fourth-order valence-corrected chi connectivity index (χ4v) is 4.25. The van der Waals surface area contributed by atoms with Crippen LogP contribution in [0, 0.1) is 24.7 Å². The van der Waals surface area contributed by atoms with Crippen molar-refractivity contribution >= 4 is 18.3 Å². The van der Waals surface area contributed by atoms with Crippen molar-refractivity contribution in [3.05, 3.63) is 35.4 Å². The van der Waals surface area contributed by atoms with Crippen LogP contribution in [0.15, 0.2) is 24.3 Å². The van der Waals surface area contributed by atoms with Gasteiger partial charge in [-0.2, -0.15) is 0 Å². The number of aliphatic hydroxyl groups is 1. The van der Waals surface area contributed by atoms with Crippen molar-refractivity contribution in [1.82, 2.24) is 5.32 Å². The maximum Gasteiger partial charge on any atom is 0.223 e. The predicted octanol–water partition coefficient (Wildman–Crippen LogP) is 2.72. The Morgan fingerprint density at radius 2 is 1.83 bits per heavy atom. The Kier molecular flexibility index (Phi) is 6.67. The van der Waals surface area contributed by atoms with Gasteiger partial charge in [-0.25, -0.2) is 0 Å². The predicted molar refractivity (Wildman–Crippen MR) is 97.9 cm³/mol. The first-order valence-electron chi connectivity index (χ1n) is 8.82. The highest BCUT2D eigenvalue weighted by molar-refractivity contribution is 5.85. The van der Waals surface area contributed by atoms with Gasteiger partial charge in [0.05, 0.1) is 6.10 Å². The van der Waals surface area contributed by atoms with E-state index in [0.29, 0.717) is 11.8 Å². The molecule has 1 aromatic rings. The molecule has 3 atom stereocenters. The fourth-order valence-electron chi connectivity index (χ4n) is 4.25. The van der Waals surface area contributed by atoms with Crippen molar-refractivity contribution < 1.29 is 9.90 Å². The van der Waals surface area contributed by atoms with E-state index >= 15 is 0 Å². The van der Waals surface area contributed by atoms with Crippen LogP contribution in [0.4, 0.5) is 0 Å². The smallest absolute Gasteiger partial charge is 0.223 e. The van der Waals surface area contributed by atoms with Crippen molar-refractivity contribution in [3.63, 3.8) is 0 Å². The Labute approximate surface area is 150 Å². The molecule has 0 radical (unpaired) electrons. The largest absolute Gasteiger partial charge is 0.387 e. The first kappa shape index (κ1) is 19.2. The Bertz CT molecular complexity index is 535. The van der Waals surface area contributed by atoms with Crippen LogP contribution in [0.5, 0.6) is 0 Å². The molecule has 2 saturated carbocycles. The van der Waals surface area contributed by atoms with E-state index in [1.165, 1.54) is 6.42 Å². The number of hydrogen-bond donors (Lipinski definition) is 3. The molecule has 0 saturated heterocycles. The lowest BCUT2D eigenvalue weighted by Gasteiger charge is -2.43. The normalized spacial score (nSPS) is 30.1. The van der Waals surface area contributed by atoms with Crippen molar-refractivity contribution in [2.75, 3.05) is 6.54 Å². The number of aliphatic hydroxyl groups excluding tert-OH is 1. The van der Waals surface area contributed by atoms with E-state index in [0.717, 1.165) is 36.8 Å². The van der Waals surface area contributed by atoms with Gasteiger partial charge >= 0.3 is 0 Å². The molecule has 0 aromatic heterocycles. The van der Waals surface area contributed by atoms with Crippen LogP contribution >= 0.6 is 12.4 Å². The zero-order valence-corrected chi connectivity index (χ0v) is 15.1. The number of nitrogens with two attached hydrogens (primary N) is 1. The third-order valence-electron chi connectivity index (χ3n) is 5.72. The molecule has 3 unspecified atom stereocenters. The summed E-state index contributed by atoms with van der Waals surface area (Å²) in [7, 11) is 0. The molecule has 4 nitrogen and oxygen atoms in total. The summed E-state index contributed by atoms with van der Waals surface area (Å²) in [5.41, 5.74) is 8.29. The Morgan fingerprint density at radius 1 is 1.25 bits per heavy atom. The maximum atomic E-state index is 12.5. The molecule has 2 fully saturated rings. The summed E-state index contributed by atoms with van der Waals surface area (Å²) in [6.45, 7) is 2.29. The van der Waals surface area contributed by atoms with Crippen LogP contribution in [0.3, 0.4) is 0 Å². The van der Waals surface area contributed by atoms with Gasteiger partial charge < -0.3 is 16.2 Å². The quantitative estimate of drug-likeness (QED) is 0.779. The minimum atomic E-state index is -0.648. The topological polar surface area (TPSA) is 75.3 Å². The molecule has 0 heterocycles. The van der Waals surface area contributed by atoms with E-state index < -0.39 is 6.10 Å². The Morgan fingerprint density at radius 3 is 2.42 bits per heavy atom. The number of carbonyl (C=O) groups is 1. The number of rotatable bonds is 4. The Balaban J connectivity index is 0.00000208. The van der Waals surface area contributed by atoms with Gasteiger partial charge in [0.15, 0.2) is 0 Å². The van der Waals surface area contributed by atoms with E-state index in [1.54, 1.807) is 0 Å². The SMILES string of the molecule is Cc1ccc(C(O)CNC(=O)C2CC3CCCC(C2)C3N)cc1.Cl. The minimum Gasteiger partial charge on any atom is -0.387 e. The second kappa shape index (κ2) is 8.32. The van der Waals surface area contributed by atoms with Crippen molar-refractivity contribution in [2.24, 2.45) is 23.5 Å². The molecular formula is C19H29ClN2O2. The number of nitrogens with one attached hydrogen (secondary N) is 1. The second-order valence-electron chi connectivity index (χ2n) is 7.37. The molecular weight excluding hydrogens is 324 g/mol. The zero-order chi connectivity index (χ0) is 16.4. The van der Waals surface area contributed by atoms with Gasteiger partial charge in [-0.15, -0.1) is 12.4 Å². The highest BCUT2D eigenvalue weighted by Crippen LogP contribution is 2.41. The van der Waals surface area contributed by atoms with Crippen LogP contribution in [-0.2, 0) is 4.79 Å². The van der Waals surface area contributed by atoms with Gasteiger partial charge in [0.2, 0.25) is 5.91 Å². The summed E-state index contributed by atoms with van der Waals surface area (Å²) < 4.78 is 0. The molecule has 2 bridgehead atoms. The van der Waals surface area contributed by atoms with Crippen LogP contribution in [0.1, 0.15) is 49.3 Å². The highest BCUT2D eigenvalue weighted by Gasteiger charge is 2.40. The lowest BCUT2D eigenvalue weighted by molar-refractivity contribution is -0.128. The van der Waals surface area contributed by atoms with Gasteiger partial charge in [0.25, 0.3) is 0 Å². The third-order valence-corrected chi connectivity index (χ3v) is 5.72. The molecule has 0 spiro atoms. The molecule has 2 aliphatic rings. The average molecular weight is 353 g/mol. The number of benzene rings is 1. The third kappa shape index (κ3) is 4.29. The molecule has 5 heteroatoms. The molecule has 24 heavy (non-hydrogen) atoms. The number of amides is 1. The lowest BCUT2D eigenvalue weighted by atomic mass is 9.65. The molecule has 2 aliphatic carbocycles. The zero-order valence-electron chi connectivity index (χ0n) is 14.3. The summed E-state index contributed by atoms with van der Waals surface area (Å²) in [5, 5.41) is 13.2. The average Bonchev–Trinajstić information content (AvgIpc) is 2.52. The molecule has 4 N–H and O–H groups in total. The first-order chi connectivity index (χ1) is 11.0. The van der Waals surface area contributed by atoms with Crippen LogP contribution < -0.4 is 11.1 Å². The molecule has 1 aromatic carbocycles. The highest BCUT2D eigenvalue weighted by atomic mass is 35.5. The van der Waals surface area contributed by atoms with E-state index in [4.69, 9.17) is 5.73 Å². The van der Waals surface area contributed by atoms with Crippen molar-refractivity contribution in [1.29, 1.82) is 0 Å². The van der Waals surface area contributed by atoms with Gasteiger partial charge in [-0.05, 0) is 50.0 Å². The summed E-state index contributed by atoms with van der Waals surface area (Å²) >= 11 is 0. The van der Waals surface area contributed by atoms with Crippen LogP contribution in [0.25, 0.3) is 0 Å². The molecule has 1 amide bonds. The van der Waals surface area contributed by atoms with Gasteiger partial charge in [-0.3, -0.25) is 4.79 Å². The van der Waals surface area contributed by atoms with Crippen molar-refractivity contribution in [3.8, 4) is 0 Å². The Hall–Kier alpha value is -1.10. The maximum absolute atomic E-state index is 12.5. The van der Waals surface area contributed by atoms with Crippen LogP contribution in [0.2, 0.25) is 0 Å². The minimum absolute atomic E-state index is 0. The van der Waals surface area contributed by atoms with E-state index in [9.17, 15) is 9.90 Å². The van der Waals surface area contributed by atoms with E-state index in [1.807, 2.05) is 31.2 Å². The lowest BCUT2D eigenvalue weighted by Crippen LogP contribution is -2.49. The summed E-state index contributed by atoms with van der Waals surface area (Å²) in [5.74, 6) is 1.15. The first-order valence-corrected chi connectivity index (χ1v) is 8.82. The summed E-state index contributed by atoms with van der Waals surface area (Å²) in [6.07, 6.45) is 4.74. The van der Waals surface area contributed by atoms with E-state index in [-0.39, 0.29) is 36.8 Å². The van der Waals surface area contributed by atoms with Crippen molar-refractivity contribution in [2.45, 2.75) is 51.2 Å². The van der Waals surface area contributed by atoms with Gasteiger partial charge in [0, 0.05) is 18.5 Å². The van der Waals surface area contributed by atoms with Gasteiger partial charge in [-0.1, -0.05) is 36.2 Å². The number of carbonyl (C=O) groups excluding carboxylic acids is 1. The van der Waals surface area contributed by atoms with E-state index in [2.05, 4.69) is 5.32 Å². The number of fused-ring (bicyclic) bond motifs is 2. The molecule has 134 valence electrons. The number of halogens is 1. The van der Waals surface area contributed by atoms with Crippen LogP contribution in [-0.4, -0.2) is 23.6 Å². The fraction of sp³-hybridized carbons (Fsp3) is 0.632. The van der Waals surface area contributed by atoms with Gasteiger partial charge in [0.1, 0.15) is 0 Å². The summed E-state index contributed by atoms with van der Waals surface area (Å²) in [4.78, 5) is 12.5. The molecule has 3 rings (SSSR count). The summed E-state index contributed by atoms with van der Waals surface area (Å²) in [6, 6.07) is 8.06. The monoisotopic (exact) mass is 352 g/mol. The standard InChI is InChI=1S/C19H28N2O2.ClH/c1-12-5-7-13(8-6-12)17(22)11-21-19(23)16-9-14-3-2-4-15(10-16)18(14)20;/h5-8,14-18,22H,2-4,9-11,20H2,1H3,(H,21,23);1H. The number of hydrogen-bond acceptors (Lipinski definition) is 3.